The summed E-state index contributed by atoms with van der Waals surface area (Å²) in [6.45, 7) is 3.63. The van der Waals surface area contributed by atoms with E-state index in [2.05, 4.69) is 47.9 Å². The summed E-state index contributed by atoms with van der Waals surface area (Å²) in [7, 11) is -1.98. The Morgan fingerprint density at radius 2 is 1.69 bits per heavy atom. The van der Waals surface area contributed by atoms with Crippen LogP contribution in [0.4, 0.5) is 0 Å². The van der Waals surface area contributed by atoms with E-state index in [1.54, 1.807) is 31.4 Å². The fraction of sp³-hybridized carbons (Fsp3) is 0.214. The van der Waals surface area contributed by atoms with Crippen molar-refractivity contribution in [3.05, 3.63) is 101 Å². The van der Waals surface area contributed by atoms with Gasteiger partial charge in [0, 0.05) is 41.8 Å². The molecule has 1 aromatic heterocycles. The molecule has 2 heterocycles. The van der Waals surface area contributed by atoms with Gasteiger partial charge in [0.25, 0.3) is 0 Å². The van der Waals surface area contributed by atoms with Crippen LogP contribution in [-0.2, 0) is 16.6 Å². The first kappa shape index (κ1) is 23.7. The summed E-state index contributed by atoms with van der Waals surface area (Å²) in [4.78, 5) is 0.158. The van der Waals surface area contributed by atoms with Crippen molar-refractivity contribution in [1.82, 2.24) is 8.87 Å². The lowest BCUT2D eigenvalue weighted by Gasteiger charge is -2.26. The maximum absolute atomic E-state index is 13.2. The first-order valence-corrected chi connectivity index (χ1v) is 13.4. The number of hydrogen-bond acceptors (Lipinski definition) is 3. The Morgan fingerprint density at radius 3 is 2.37 bits per heavy atom. The number of sulfonamides is 1. The second-order valence-corrected chi connectivity index (χ2v) is 11.0. The van der Waals surface area contributed by atoms with Crippen molar-refractivity contribution < 1.29 is 13.2 Å². The molecule has 0 saturated heterocycles. The molecular weight excluding hydrogens is 480 g/mol. The third-order valence-electron chi connectivity index (χ3n) is 6.68. The smallest absolute Gasteiger partial charge is 0.244 e. The zero-order chi connectivity index (χ0) is 24.6. The molecule has 0 bridgehead atoms. The van der Waals surface area contributed by atoms with Gasteiger partial charge in [-0.05, 0) is 54.8 Å². The second kappa shape index (κ2) is 9.53. The summed E-state index contributed by atoms with van der Waals surface area (Å²) in [6, 6.07) is 23.2. The van der Waals surface area contributed by atoms with Gasteiger partial charge < -0.3 is 9.30 Å². The number of aromatic nitrogens is 1. The molecule has 0 spiro atoms. The minimum atomic E-state index is -3.65. The molecular formula is C28H27ClN2O3S. The lowest BCUT2D eigenvalue weighted by atomic mass is 9.97. The van der Waals surface area contributed by atoms with Gasteiger partial charge in [-0.25, -0.2) is 8.42 Å². The third-order valence-corrected chi connectivity index (χ3v) is 9.04. The normalized spacial score (nSPS) is 14.8. The van der Waals surface area contributed by atoms with E-state index in [-0.39, 0.29) is 9.92 Å². The van der Waals surface area contributed by atoms with Gasteiger partial charge in [-0.15, -0.1) is 0 Å². The minimum absolute atomic E-state index is 0.158. The van der Waals surface area contributed by atoms with Gasteiger partial charge in [-0.3, -0.25) is 0 Å². The van der Waals surface area contributed by atoms with E-state index in [4.69, 9.17) is 16.3 Å². The van der Waals surface area contributed by atoms with Crippen molar-refractivity contribution in [3.63, 3.8) is 0 Å². The number of ether oxygens (including phenoxy) is 1. The Hall–Kier alpha value is -3.06. The zero-order valence-corrected chi connectivity index (χ0v) is 21.3. The van der Waals surface area contributed by atoms with Gasteiger partial charge in [0.1, 0.15) is 10.6 Å². The third kappa shape index (κ3) is 4.38. The average Bonchev–Trinajstić information content (AvgIpc) is 3.16. The van der Waals surface area contributed by atoms with E-state index in [9.17, 15) is 8.42 Å². The Balaban J connectivity index is 1.48. The summed E-state index contributed by atoms with van der Waals surface area (Å²) < 4.78 is 35.5. The van der Waals surface area contributed by atoms with Crippen LogP contribution in [0.2, 0.25) is 5.02 Å². The van der Waals surface area contributed by atoms with E-state index in [0.717, 1.165) is 12.3 Å². The first-order chi connectivity index (χ1) is 16.9. The summed E-state index contributed by atoms with van der Waals surface area (Å²) in [6.07, 6.45) is 2.69. The molecule has 0 radical (unpaired) electrons. The molecule has 0 atom stereocenters. The number of nitrogens with zero attached hydrogens (tertiary/aromatic N) is 2. The van der Waals surface area contributed by atoms with Gasteiger partial charge in [0.2, 0.25) is 10.0 Å². The lowest BCUT2D eigenvalue weighted by Crippen LogP contribution is -2.34. The molecule has 180 valence electrons. The van der Waals surface area contributed by atoms with Crippen LogP contribution >= 0.6 is 11.6 Å². The van der Waals surface area contributed by atoms with E-state index in [1.807, 2.05) is 18.2 Å². The quantitative estimate of drug-likeness (QED) is 0.315. The molecule has 0 unspecified atom stereocenters. The monoisotopic (exact) mass is 506 g/mol. The van der Waals surface area contributed by atoms with Crippen molar-refractivity contribution in [2.45, 2.75) is 24.8 Å². The number of methoxy groups -OCH3 is 1. The zero-order valence-electron chi connectivity index (χ0n) is 19.7. The summed E-state index contributed by atoms with van der Waals surface area (Å²) >= 11 is 6.19. The van der Waals surface area contributed by atoms with Gasteiger partial charge in [0.05, 0.1) is 12.1 Å². The van der Waals surface area contributed by atoms with Gasteiger partial charge >= 0.3 is 0 Å². The first-order valence-electron chi connectivity index (χ1n) is 11.5. The van der Waals surface area contributed by atoms with Crippen LogP contribution in [0.3, 0.4) is 0 Å². The molecule has 7 heteroatoms. The van der Waals surface area contributed by atoms with E-state index < -0.39 is 10.0 Å². The molecule has 0 amide bonds. The molecule has 0 N–H and O–H groups in total. The molecule has 4 aromatic rings. The van der Waals surface area contributed by atoms with Crippen LogP contribution in [0.25, 0.3) is 16.5 Å². The Bertz CT molecular complexity index is 1520. The number of para-hydroxylation sites is 1. The Kier molecular flexibility index (Phi) is 6.45. The Morgan fingerprint density at radius 1 is 0.971 bits per heavy atom. The van der Waals surface area contributed by atoms with Crippen LogP contribution < -0.4 is 4.74 Å². The van der Waals surface area contributed by atoms with Crippen molar-refractivity contribution in [3.8, 4) is 5.75 Å². The standard InChI is InChI=1S/C28H27ClN2O3S/c1-20-28(22-15-17-30(18-16-22)35(32,33)27-10-6-4-8-25(27)29)24-7-3-5-9-26(24)31(20)19-21-11-13-23(34-2)14-12-21/h3-15H,16-19H2,1-2H3. The van der Waals surface area contributed by atoms with Crippen molar-refractivity contribution in [2.24, 2.45) is 0 Å². The second-order valence-electron chi connectivity index (χ2n) is 8.68. The minimum Gasteiger partial charge on any atom is -0.497 e. The highest BCUT2D eigenvalue weighted by molar-refractivity contribution is 7.89. The molecule has 0 aliphatic carbocycles. The van der Waals surface area contributed by atoms with E-state index in [0.29, 0.717) is 19.5 Å². The number of rotatable bonds is 6. The maximum Gasteiger partial charge on any atom is 0.244 e. The molecule has 1 aliphatic heterocycles. The fourth-order valence-electron chi connectivity index (χ4n) is 4.84. The predicted octanol–water partition coefficient (Wildman–Crippen LogP) is 6.14. The van der Waals surface area contributed by atoms with Crippen LogP contribution in [0.5, 0.6) is 5.75 Å². The molecule has 5 rings (SSSR count). The van der Waals surface area contributed by atoms with Crippen molar-refractivity contribution in [1.29, 1.82) is 0 Å². The SMILES string of the molecule is COc1ccc(Cn2c(C)c(C3=CCN(S(=O)(=O)c4ccccc4Cl)CC3)c3ccccc32)cc1. The molecule has 0 fully saturated rings. The Labute approximate surface area is 211 Å². The highest BCUT2D eigenvalue weighted by Gasteiger charge is 2.29. The van der Waals surface area contributed by atoms with E-state index in [1.165, 1.54) is 37.6 Å². The van der Waals surface area contributed by atoms with E-state index >= 15 is 0 Å². The van der Waals surface area contributed by atoms with Gasteiger partial charge in [-0.1, -0.05) is 60.1 Å². The van der Waals surface area contributed by atoms with Crippen LogP contribution in [0, 0.1) is 6.92 Å². The van der Waals surface area contributed by atoms with Crippen LogP contribution in [0.15, 0.2) is 83.8 Å². The average molecular weight is 507 g/mol. The molecule has 5 nitrogen and oxygen atoms in total. The molecule has 35 heavy (non-hydrogen) atoms. The van der Waals surface area contributed by atoms with Gasteiger partial charge in [0.15, 0.2) is 0 Å². The number of fused-ring (bicyclic) bond motifs is 1. The van der Waals surface area contributed by atoms with Crippen LogP contribution in [0.1, 0.15) is 23.2 Å². The van der Waals surface area contributed by atoms with Crippen molar-refractivity contribution in [2.75, 3.05) is 20.2 Å². The number of halogens is 1. The van der Waals surface area contributed by atoms with Crippen LogP contribution in [-0.4, -0.2) is 37.5 Å². The van der Waals surface area contributed by atoms with Crippen molar-refractivity contribution >= 4 is 38.1 Å². The maximum atomic E-state index is 13.2. The van der Waals surface area contributed by atoms with Gasteiger partial charge in [-0.2, -0.15) is 4.31 Å². The summed E-state index contributed by atoms with van der Waals surface area (Å²) in [5.41, 5.74) is 5.91. The number of benzene rings is 3. The topological polar surface area (TPSA) is 51.5 Å². The lowest BCUT2D eigenvalue weighted by molar-refractivity contribution is 0.414. The highest BCUT2D eigenvalue weighted by atomic mass is 35.5. The fourth-order valence-corrected chi connectivity index (χ4v) is 6.72. The largest absolute Gasteiger partial charge is 0.497 e. The molecule has 0 saturated carbocycles. The summed E-state index contributed by atoms with van der Waals surface area (Å²) in [5.74, 6) is 0.840. The molecule has 1 aliphatic rings. The summed E-state index contributed by atoms with van der Waals surface area (Å²) in [5, 5.41) is 1.44. The predicted molar refractivity (Wildman–Crippen MR) is 142 cm³/mol. The highest BCUT2D eigenvalue weighted by Crippen LogP contribution is 2.36. The number of hydrogen-bond donors (Lipinski definition) is 0. The molecule has 3 aromatic carbocycles.